The number of aromatic nitrogens is 1. The Labute approximate surface area is 155 Å². The Hall–Kier alpha value is -0.710. The highest BCUT2D eigenvalue weighted by molar-refractivity contribution is 5.23. The average molecular weight is 430 g/mol. The molecule has 1 heterocycles. The molecule has 0 bridgehead atoms. The van der Waals surface area contributed by atoms with Crippen molar-refractivity contribution in [3.05, 3.63) is 66.0 Å². The standard InChI is InChI=1S/C18H26N2.2BrH/c1-20(2,3)15-7-12-19-13-10-18(11-14-19)16-17-8-5-4-6-9-17;;/h4-6,8-11,13-14H,7,12,15-16H2,1-3H3;2*1H/q+2;;/p-2. The monoisotopic (exact) mass is 428 g/mol. The average Bonchev–Trinajstić information content (AvgIpc) is 2.41. The van der Waals surface area contributed by atoms with Gasteiger partial charge in [0.15, 0.2) is 18.9 Å². The van der Waals surface area contributed by atoms with Gasteiger partial charge in [-0.05, 0) is 17.5 Å². The van der Waals surface area contributed by atoms with Gasteiger partial charge in [0.25, 0.3) is 0 Å². The van der Waals surface area contributed by atoms with Gasteiger partial charge in [0, 0.05) is 12.1 Å². The molecule has 22 heavy (non-hydrogen) atoms. The first kappa shape index (κ1) is 21.3. The first-order chi connectivity index (χ1) is 9.53. The normalized spacial score (nSPS) is 10.5. The number of aryl methyl sites for hydroxylation is 1. The maximum Gasteiger partial charge on any atom is 0.169 e. The Bertz CT molecular complexity index is 519. The first-order valence-corrected chi connectivity index (χ1v) is 7.35. The number of hydrogen-bond acceptors (Lipinski definition) is 0. The molecular formula is C18H26Br2N2. The van der Waals surface area contributed by atoms with Gasteiger partial charge in [0.1, 0.15) is 0 Å². The highest BCUT2D eigenvalue weighted by atomic mass is 79.9. The summed E-state index contributed by atoms with van der Waals surface area (Å²) in [5.74, 6) is 0. The predicted octanol–water partition coefficient (Wildman–Crippen LogP) is -3.33. The molecule has 0 aliphatic rings. The lowest BCUT2D eigenvalue weighted by Gasteiger charge is -2.22. The minimum absolute atomic E-state index is 0. The van der Waals surface area contributed by atoms with Gasteiger partial charge in [-0.3, -0.25) is 0 Å². The van der Waals surface area contributed by atoms with Crippen LogP contribution in [0.15, 0.2) is 54.9 Å². The van der Waals surface area contributed by atoms with E-state index in [9.17, 15) is 0 Å². The van der Waals surface area contributed by atoms with Crippen LogP contribution < -0.4 is 38.5 Å². The zero-order valence-electron chi connectivity index (χ0n) is 13.7. The molecule has 0 saturated carbocycles. The van der Waals surface area contributed by atoms with E-state index in [1.54, 1.807) is 0 Å². The summed E-state index contributed by atoms with van der Waals surface area (Å²) in [5, 5.41) is 0. The Balaban J connectivity index is 0.00000220. The van der Waals surface area contributed by atoms with Crippen LogP contribution in [0.2, 0.25) is 0 Å². The fourth-order valence-corrected chi connectivity index (χ4v) is 2.31. The van der Waals surface area contributed by atoms with Crippen LogP contribution in [0.3, 0.4) is 0 Å². The van der Waals surface area contributed by atoms with Crippen LogP contribution in [0.1, 0.15) is 17.5 Å². The number of nitrogens with zero attached hydrogens (tertiary/aromatic N) is 2. The van der Waals surface area contributed by atoms with Gasteiger partial charge in [0.05, 0.1) is 34.1 Å². The summed E-state index contributed by atoms with van der Waals surface area (Å²) < 4.78 is 3.32. The molecule has 0 amide bonds. The maximum absolute atomic E-state index is 2.28. The zero-order chi connectivity index (χ0) is 14.4. The van der Waals surface area contributed by atoms with E-state index in [0.29, 0.717) is 0 Å². The summed E-state index contributed by atoms with van der Waals surface area (Å²) in [7, 11) is 6.73. The van der Waals surface area contributed by atoms with Crippen LogP contribution in [-0.2, 0) is 13.0 Å². The van der Waals surface area contributed by atoms with Crippen LogP contribution >= 0.6 is 0 Å². The largest absolute Gasteiger partial charge is 1.00 e. The zero-order valence-corrected chi connectivity index (χ0v) is 16.8. The summed E-state index contributed by atoms with van der Waals surface area (Å²) in [6.45, 7) is 2.31. The lowest BCUT2D eigenvalue weighted by Crippen LogP contribution is -3.00. The SMILES string of the molecule is C[N+](C)(C)CCC[n+]1ccc(Cc2ccccc2)cc1.[Br-].[Br-]. The first-order valence-electron chi connectivity index (χ1n) is 7.35. The van der Waals surface area contributed by atoms with E-state index < -0.39 is 0 Å². The summed E-state index contributed by atoms with van der Waals surface area (Å²) in [6.07, 6.45) is 6.63. The van der Waals surface area contributed by atoms with Crippen LogP contribution in [0, 0.1) is 0 Å². The lowest BCUT2D eigenvalue weighted by molar-refractivity contribution is -0.873. The number of hydrogen-bond donors (Lipinski definition) is 0. The van der Waals surface area contributed by atoms with Crippen molar-refractivity contribution in [2.75, 3.05) is 27.7 Å². The minimum atomic E-state index is 0. The summed E-state index contributed by atoms with van der Waals surface area (Å²) in [5.41, 5.74) is 2.74. The topological polar surface area (TPSA) is 3.88 Å². The molecule has 0 fully saturated rings. The second-order valence-corrected chi connectivity index (χ2v) is 6.47. The van der Waals surface area contributed by atoms with Crippen molar-refractivity contribution >= 4 is 0 Å². The molecule has 2 rings (SSSR count). The van der Waals surface area contributed by atoms with Crippen molar-refractivity contribution in [3.63, 3.8) is 0 Å². The third-order valence-electron chi connectivity index (χ3n) is 3.46. The maximum atomic E-state index is 2.28. The summed E-state index contributed by atoms with van der Waals surface area (Å²) >= 11 is 0. The quantitative estimate of drug-likeness (QED) is 0.334. The number of quaternary nitrogens is 1. The van der Waals surface area contributed by atoms with Gasteiger partial charge in [-0.2, -0.15) is 0 Å². The molecular weight excluding hydrogens is 404 g/mol. The number of benzene rings is 1. The molecule has 0 saturated heterocycles. The van der Waals surface area contributed by atoms with Crippen LogP contribution in [0.25, 0.3) is 0 Å². The van der Waals surface area contributed by atoms with Crippen LogP contribution in [0.5, 0.6) is 0 Å². The second-order valence-electron chi connectivity index (χ2n) is 6.47. The highest BCUT2D eigenvalue weighted by Crippen LogP contribution is 2.07. The van der Waals surface area contributed by atoms with Gasteiger partial charge in [-0.15, -0.1) is 0 Å². The van der Waals surface area contributed by atoms with Crippen LogP contribution in [-0.4, -0.2) is 32.2 Å². The van der Waals surface area contributed by atoms with Crippen molar-refractivity contribution in [1.82, 2.24) is 0 Å². The second kappa shape index (κ2) is 10.1. The van der Waals surface area contributed by atoms with Gasteiger partial charge in [-0.1, -0.05) is 30.3 Å². The van der Waals surface area contributed by atoms with Crippen LogP contribution in [0.4, 0.5) is 0 Å². The molecule has 0 unspecified atom stereocenters. The number of halogens is 2. The third-order valence-corrected chi connectivity index (χ3v) is 3.46. The molecule has 1 aromatic carbocycles. The molecule has 0 N–H and O–H groups in total. The number of pyridine rings is 1. The number of rotatable bonds is 6. The Morgan fingerprint density at radius 2 is 1.36 bits per heavy atom. The fourth-order valence-electron chi connectivity index (χ4n) is 2.31. The molecule has 0 aliphatic heterocycles. The molecule has 0 atom stereocenters. The van der Waals surface area contributed by atoms with E-state index in [-0.39, 0.29) is 34.0 Å². The summed E-state index contributed by atoms with van der Waals surface area (Å²) in [6, 6.07) is 15.1. The van der Waals surface area contributed by atoms with E-state index in [4.69, 9.17) is 0 Å². The Morgan fingerprint density at radius 3 is 1.91 bits per heavy atom. The Morgan fingerprint density at radius 1 is 0.818 bits per heavy atom. The molecule has 0 aliphatic carbocycles. The third kappa shape index (κ3) is 8.06. The van der Waals surface area contributed by atoms with Gasteiger partial charge in [-0.25, -0.2) is 4.57 Å². The van der Waals surface area contributed by atoms with E-state index in [1.807, 2.05) is 0 Å². The van der Waals surface area contributed by atoms with Crippen molar-refractivity contribution < 1.29 is 43.0 Å². The van der Waals surface area contributed by atoms with E-state index in [1.165, 1.54) is 24.1 Å². The van der Waals surface area contributed by atoms with Gasteiger partial charge < -0.3 is 38.4 Å². The Kier molecular flexibility index (Phi) is 9.81. The predicted molar refractivity (Wildman–Crippen MR) is 83.4 cm³/mol. The van der Waals surface area contributed by atoms with Crippen molar-refractivity contribution in [2.24, 2.45) is 0 Å². The molecule has 4 heteroatoms. The molecule has 0 radical (unpaired) electrons. The van der Waals surface area contributed by atoms with Crippen molar-refractivity contribution in [1.29, 1.82) is 0 Å². The highest BCUT2D eigenvalue weighted by Gasteiger charge is 2.08. The van der Waals surface area contributed by atoms with E-state index in [2.05, 4.69) is 80.6 Å². The fraction of sp³-hybridized carbons (Fsp3) is 0.389. The molecule has 1 aromatic heterocycles. The van der Waals surface area contributed by atoms with Gasteiger partial charge in [0.2, 0.25) is 0 Å². The minimum Gasteiger partial charge on any atom is -1.00 e. The van der Waals surface area contributed by atoms with E-state index >= 15 is 0 Å². The van der Waals surface area contributed by atoms with Crippen molar-refractivity contribution in [3.8, 4) is 0 Å². The summed E-state index contributed by atoms with van der Waals surface area (Å²) in [4.78, 5) is 0. The molecule has 2 aromatic rings. The molecule has 2 nitrogen and oxygen atoms in total. The lowest BCUT2D eigenvalue weighted by atomic mass is 10.1. The smallest absolute Gasteiger partial charge is 0.169 e. The van der Waals surface area contributed by atoms with Gasteiger partial charge >= 0.3 is 0 Å². The van der Waals surface area contributed by atoms with E-state index in [0.717, 1.165) is 17.4 Å². The molecule has 0 spiro atoms. The van der Waals surface area contributed by atoms with Crippen molar-refractivity contribution in [2.45, 2.75) is 19.4 Å². The molecule has 122 valence electrons.